The maximum Gasteiger partial charge on any atom is 0.428 e. The molecule has 0 aromatic rings. The lowest BCUT2D eigenvalue weighted by Gasteiger charge is -2.05. The third-order valence-corrected chi connectivity index (χ3v) is 0.879. The molecule has 9 heavy (non-hydrogen) atoms. The van der Waals surface area contributed by atoms with Crippen LogP contribution in [0.1, 0.15) is 6.92 Å². The van der Waals surface area contributed by atoms with E-state index in [0.29, 0.717) is 6.61 Å². The molecule has 0 aliphatic rings. The number of carbonyl (C=O) groups excluding carboxylic acids is 1. The zero-order valence-electron chi connectivity index (χ0n) is 5.13. The summed E-state index contributed by atoms with van der Waals surface area (Å²) in [6, 6.07) is 0. The van der Waals surface area contributed by atoms with Crippen molar-refractivity contribution >= 4 is 17.9 Å². The predicted octanol–water partition coefficient (Wildman–Crippen LogP) is 1.74. The van der Waals surface area contributed by atoms with E-state index in [1.165, 1.54) is 6.20 Å². The lowest BCUT2D eigenvalue weighted by Crippen LogP contribution is -2.16. The number of halogens is 1. The molecule has 0 aromatic carbocycles. The normalized spacial score (nSPS) is 8.22. The number of rotatable bonds is 2. The summed E-state index contributed by atoms with van der Waals surface area (Å²) in [6.45, 7) is 5.27. The highest BCUT2D eigenvalue weighted by atomic mass is 35.5. The average molecular weight is 150 g/mol. The summed E-state index contributed by atoms with van der Waals surface area (Å²) in [4.78, 5) is 10.5. The Balaban J connectivity index is 3.58. The third kappa shape index (κ3) is 2.98. The molecule has 0 aliphatic heterocycles. The number of hydrogen-bond donors (Lipinski definition) is 0. The summed E-state index contributed by atoms with van der Waals surface area (Å²) in [5, 5.41) is 0. The summed E-state index contributed by atoms with van der Waals surface area (Å²) < 4.78 is 5.23. The van der Waals surface area contributed by atoms with Crippen molar-refractivity contribution in [3.8, 4) is 0 Å². The van der Waals surface area contributed by atoms with Crippen LogP contribution >= 0.6 is 11.8 Å². The summed E-state index contributed by atoms with van der Waals surface area (Å²) in [7, 11) is 0. The molecule has 0 rings (SSSR count). The van der Waals surface area contributed by atoms with Crippen molar-refractivity contribution in [1.82, 2.24) is 4.42 Å². The highest BCUT2D eigenvalue weighted by molar-refractivity contribution is 6.20. The highest BCUT2D eigenvalue weighted by Gasteiger charge is 2.05. The Morgan fingerprint density at radius 3 is 2.89 bits per heavy atom. The number of carbonyl (C=O) groups is 1. The first-order chi connectivity index (χ1) is 4.22. The minimum Gasteiger partial charge on any atom is -0.449 e. The second-order valence-corrected chi connectivity index (χ2v) is 1.56. The Bertz CT molecular complexity index is 116. The third-order valence-electron chi connectivity index (χ3n) is 0.603. The zero-order chi connectivity index (χ0) is 7.28. The molecule has 4 heteroatoms. The molecule has 0 bridgehead atoms. The van der Waals surface area contributed by atoms with Gasteiger partial charge in [0.25, 0.3) is 0 Å². The number of hydrogen-bond acceptors (Lipinski definition) is 2. The quantitative estimate of drug-likeness (QED) is 0.560. The number of ether oxygens (including phenoxy) is 1. The molecular formula is C5H8ClNO2. The maximum atomic E-state index is 10.5. The summed E-state index contributed by atoms with van der Waals surface area (Å²) in [5.74, 6) is 0. The second-order valence-electron chi connectivity index (χ2n) is 1.19. The second kappa shape index (κ2) is 4.21. The van der Waals surface area contributed by atoms with Crippen LogP contribution in [0.25, 0.3) is 0 Å². The maximum absolute atomic E-state index is 10.5. The van der Waals surface area contributed by atoms with Gasteiger partial charge in [0.2, 0.25) is 0 Å². The molecule has 52 valence electrons. The van der Waals surface area contributed by atoms with Crippen molar-refractivity contribution in [2.75, 3.05) is 6.61 Å². The highest BCUT2D eigenvalue weighted by Crippen LogP contribution is 1.97. The van der Waals surface area contributed by atoms with Crippen LogP contribution in [0.2, 0.25) is 0 Å². The van der Waals surface area contributed by atoms with E-state index in [2.05, 4.69) is 11.3 Å². The molecule has 0 N–H and O–H groups in total. The molecule has 3 nitrogen and oxygen atoms in total. The lowest BCUT2D eigenvalue weighted by atomic mass is 10.8. The van der Waals surface area contributed by atoms with Gasteiger partial charge in [0, 0.05) is 18.0 Å². The fourth-order valence-electron chi connectivity index (χ4n) is 0.260. The molecular weight excluding hydrogens is 142 g/mol. The van der Waals surface area contributed by atoms with E-state index >= 15 is 0 Å². The molecule has 0 spiro atoms. The molecule has 0 heterocycles. The fraction of sp³-hybridized carbons (Fsp3) is 0.400. The molecule has 0 fully saturated rings. The van der Waals surface area contributed by atoms with E-state index in [-0.39, 0.29) is 0 Å². The SMILES string of the molecule is C=CN(Cl)C(=O)OCC. The largest absolute Gasteiger partial charge is 0.449 e. The van der Waals surface area contributed by atoms with E-state index in [4.69, 9.17) is 11.8 Å². The molecule has 0 atom stereocenters. The van der Waals surface area contributed by atoms with Gasteiger partial charge in [-0.1, -0.05) is 6.58 Å². The Hall–Kier alpha value is -0.700. The van der Waals surface area contributed by atoms with Gasteiger partial charge in [-0.05, 0) is 6.92 Å². The van der Waals surface area contributed by atoms with Crippen LogP contribution in [0.5, 0.6) is 0 Å². The van der Waals surface area contributed by atoms with Gasteiger partial charge in [-0.2, -0.15) is 4.42 Å². The van der Waals surface area contributed by atoms with Crippen molar-refractivity contribution in [3.05, 3.63) is 12.8 Å². The van der Waals surface area contributed by atoms with Gasteiger partial charge in [-0.15, -0.1) is 0 Å². The first kappa shape index (κ1) is 8.30. The van der Waals surface area contributed by atoms with E-state index < -0.39 is 6.09 Å². The van der Waals surface area contributed by atoms with Crippen LogP contribution in [-0.4, -0.2) is 17.1 Å². The summed E-state index contributed by atoms with van der Waals surface area (Å²) in [5.41, 5.74) is 0. The van der Waals surface area contributed by atoms with Gasteiger partial charge >= 0.3 is 6.09 Å². The summed E-state index contributed by atoms with van der Waals surface area (Å²) in [6.07, 6.45) is 0.564. The fourth-order valence-corrected chi connectivity index (χ4v) is 0.308. The molecule has 0 unspecified atom stereocenters. The Morgan fingerprint density at radius 2 is 2.56 bits per heavy atom. The topological polar surface area (TPSA) is 29.5 Å². The Morgan fingerprint density at radius 1 is 2.00 bits per heavy atom. The Labute approximate surface area is 59.0 Å². The molecule has 0 saturated heterocycles. The molecule has 0 radical (unpaired) electrons. The first-order valence-corrected chi connectivity index (χ1v) is 2.80. The minimum absolute atomic E-state index is 0.315. The van der Waals surface area contributed by atoms with Crippen molar-refractivity contribution < 1.29 is 9.53 Å². The monoisotopic (exact) mass is 149 g/mol. The molecule has 1 amide bonds. The van der Waals surface area contributed by atoms with Gasteiger partial charge in [-0.3, -0.25) is 0 Å². The van der Waals surface area contributed by atoms with Gasteiger partial charge < -0.3 is 4.74 Å². The summed E-state index contributed by atoms with van der Waals surface area (Å²) >= 11 is 5.24. The smallest absolute Gasteiger partial charge is 0.428 e. The number of nitrogens with zero attached hydrogens (tertiary/aromatic N) is 1. The number of amides is 1. The van der Waals surface area contributed by atoms with Crippen LogP contribution in [0, 0.1) is 0 Å². The average Bonchev–Trinajstić information content (AvgIpc) is 1.87. The van der Waals surface area contributed by atoms with Gasteiger partial charge in [0.15, 0.2) is 0 Å². The van der Waals surface area contributed by atoms with Crippen molar-refractivity contribution in [2.45, 2.75) is 6.92 Å². The van der Waals surface area contributed by atoms with Gasteiger partial charge in [0.05, 0.1) is 6.61 Å². The zero-order valence-corrected chi connectivity index (χ0v) is 5.89. The first-order valence-electron chi connectivity index (χ1n) is 2.46. The molecule has 0 saturated carbocycles. The molecule has 0 aromatic heterocycles. The van der Waals surface area contributed by atoms with Crippen LogP contribution in [0.15, 0.2) is 12.8 Å². The van der Waals surface area contributed by atoms with Crippen molar-refractivity contribution in [2.24, 2.45) is 0 Å². The molecule has 0 aliphatic carbocycles. The van der Waals surface area contributed by atoms with E-state index in [0.717, 1.165) is 4.42 Å². The lowest BCUT2D eigenvalue weighted by molar-refractivity contribution is 0.140. The van der Waals surface area contributed by atoms with Crippen LogP contribution < -0.4 is 0 Å². The van der Waals surface area contributed by atoms with Crippen LogP contribution in [0.4, 0.5) is 4.79 Å². The van der Waals surface area contributed by atoms with E-state index in [1.807, 2.05) is 0 Å². The van der Waals surface area contributed by atoms with Crippen LogP contribution in [0.3, 0.4) is 0 Å². The van der Waals surface area contributed by atoms with E-state index in [9.17, 15) is 4.79 Å². The minimum atomic E-state index is -0.603. The van der Waals surface area contributed by atoms with Crippen molar-refractivity contribution in [3.63, 3.8) is 0 Å². The van der Waals surface area contributed by atoms with E-state index in [1.54, 1.807) is 6.92 Å². The van der Waals surface area contributed by atoms with Gasteiger partial charge in [0.1, 0.15) is 0 Å². The van der Waals surface area contributed by atoms with Crippen LogP contribution in [-0.2, 0) is 4.74 Å². The van der Waals surface area contributed by atoms with Crippen molar-refractivity contribution in [1.29, 1.82) is 0 Å². The van der Waals surface area contributed by atoms with Gasteiger partial charge in [-0.25, -0.2) is 4.79 Å². The predicted molar refractivity (Wildman–Crippen MR) is 34.9 cm³/mol. The Kier molecular flexibility index (Phi) is 3.88. The standard InChI is InChI=1S/C5H8ClNO2/c1-3-7(6)5(8)9-4-2/h3H,1,4H2,2H3.